The van der Waals surface area contributed by atoms with E-state index in [0.29, 0.717) is 0 Å². The summed E-state index contributed by atoms with van der Waals surface area (Å²) in [5.41, 5.74) is 3.44. The fraction of sp³-hybridized carbons (Fsp3) is 0.455. The molecule has 0 N–H and O–H groups in total. The second kappa shape index (κ2) is 3.02. The van der Waals surface area contributed by atoms with Crippen molar-refractivity contribution < 1.29 is 4.39 Å². The fourth-order valence-electron chi connectivity index (χ4n) is 2.16. The van der Waals surface area contributed by atoms with E-state index in [1.807, 2.05) is 6.92 Å². The van der Waals surface area contributed by atoms with Crippen molar-refractivity contribution in [2.24, 2.45) is 0 Å². The SMILES string of the molecule is Cc1cc(F)cc2c1N(C)CCC2. The molecule has 1 aliphatic heterocycles. The van der Waals surface area contributed by atoms with E-state index in [0.717, 1.165) is 30.5 Å². The van der Waals surface area contributed by atoms with Crippen LogP contribution in [0.15, 0.2) is 12.1 Å². The molecular formula is C11H14FN. The number of benzene rings is 1. The summed E-state index contributed by atoms with van der Waals surface area (Å²) in [5.74, 6) is -0.105. The van der Waals surface area contributed by atoms with Crippen molar-refractivity contribution in [3.63, 3.8) is 0 Å². The number of fused-ring (bicyclic) bond motifs is 1. The number of rotatable bonds is 0. The van der Waals surface area contributed by atoms with Crippen LogP contribution in [-0.2, 0) is 6.42 Å². The van der Waals surface area contributed by atoms with Gasteiger partial charge < -0.3 is 4.90 Å². The minimum atomic E-state index is -0.105. The molecule has 0 saturated heterocycles. The molecular weight excluding hydrogens is 165 g/mol. The lowest BCUT2D eigenvalue weighted by atomic mass is 9.98. The second-order valence-corrected chi connectivity index (χ2v) is 3.76. The lowest BCUT2D eigenvalue weighted by Crippen LogP contribution is -2.25. The predicted octanol–water partition coefficient (Wildman–Crippen LogP) is 2.52. The number of hydrogen-bond acceptors (Lipinski definition) is 1. The Morgan fingerprint density at radius 2 is 2.15 bits per heavy atom. The number of aryl methyl sites for hydroxylation is 2. The zero-order valence-electron chi connectivity index (χ0n) is 8.10. The first-order valence-corrected chi connectivity index (χ1v) is 4.68. The van der Waals surface area contributed by atoms with E-state index < -0.39 is 0 Å². The third kappa shape index (κ3) is 1.41. The zero-order chi connectivity index (χ0) is 9.42. The summed E-state index contributed by atoms with van der Waals surface area (Å²) in [5, 5.41) is 0. The number of anilines is 1. The minimum Gasteiger partial charge on any atom is -0.374 e. The monoisotopic (exact) mass is 179 g/mol. The lowest BCUT2D eigenvalue weighted by molar-refractivity contribution is 0.619. The first-order valence-electron chi connectivity index (χ1n) is 4.68. The Morgan fingerprint density at radius 1 is 1.38 bits per heavy atom. The van der Waals surface area contributed by atoms with Gasteiger partial charge in [-0.3, -0.25) is 0 Å². The Morgan fingerprint density at radius 3 is 2.92 bits per heavy atom. The normalized spacial score (nSPS) is 15.8. The average molecular weight is 179 g/mol. The van der Waals surface area contributed by atoms with Crippen molar-refractivity contribution in [1.29, 1.82) is 0 Å². The van der Waals surface area contributed by atoms with E-state index in [4.69, 9.17) is 0 Å². The molecule has 2 heteroatoms. The average Bonchev–Trinajstić information content (AvgIpc) is 2.02. The molecule has 0 unspecified atom stereocenters. The molecule has 0 radical (unpaired) electrons. The molecule has 1 nitrogen and oxygen atoms in total. The van der Waals surface area contributed by atoms with Crippen molar-refractivity contribution in [1.82, 2.24) is 0 Å². The summed E-state index contributed by atoms with van der Waals surface area (Å²) in [6, 6.07) is 3.28. The third-order valence-electron chi connectivity index (χ3n) is 2.67. The molecule has 0 fully saturated rings. The quantitative estimate of drug-likeness (QED) is 0.591. The van der Waals surface area contributed by atoms with Crippen LogP contribution < -0.4 is 4.90 Å². The van der Waals surface area contributed by atoms with Crippen molar-refractivity contribution in [2.45, 2.75) is 19.8 Å². The van der Waals surface area contributed by atoms with Crippen LogP contribution in [0, 0.1) is 12.7 Å². The third-order valence-corrected chi connectivity index (χ3v) is 2.67. The molecule has 0 bridgehead atoms. The summed E-state index contributed by atoms with van der Waals surface area (Å²) in [6.07, 6.45) is 2.14. The minimum absolute atomic E-state index is 0.105. The smallest absolute Gasteiger partial charge is 0.123 e. The molecule has 0 spiro atoms. The Labute approximate surface area is 78.2 Å². The van der Waals surface area contributed by atoms with Gasteiger partial charge in [-0.25, -0.2) is 4.39 Å². The van der Waals surface area contributed by atoms with Crippen LogP contribution in [0.25, 0.3) is 0 Å². The zero-order valence-corrected chi connectivity index (χ0v) is 8.10. The van der Waals surface area contributed by atoms with Crippen molar-refractivity contribution in [2.75, 3.05) is 18.5 Å². The predicted molar refractivity (Wildman–Crippen MR) is 52.7 cm³/mol. The maximum Gasteiger partial charge on any atom is 0.123 e. The van der Waals surface area contributed by atoms with Gasteiger partial charge in [0.25, 0.3) is 0 Å². The molecule has 70 valence electrons. The number of hydrogen-bond donors (Lipinski definition) is 0. The van der Waals surface area contributed by atoms with Gasteiger partial charge in [-0.2, -0.15) is 0 Å². The summed E-state index contributed by atoms with van der Waals surface area (Å²) < 4.78 is 13.1. The maximum atomic E-state index is 13.1. The standard InChI is InChI=1S/C11H14FN/c1-8-6-10(12)7-9-4-3-5-13(2)11(8)9/h6-7H,3-5H2,1-2H3. The molecule has 1 aliphatic rings. The molecule has 0 aliphatic carbocycles. The van der Waals surface area contributed by atoms with E-state index in [-0.39, 0.29) is 5.82 Å². The van der Waals surface area contributed by atoms with Crippen LogP contribution in [0.2, 0.25) is 0 Å². The molecule has 0 atom stereocenters. The van der Waals surface area contributed by atoms with Gasteiger partial charge in [-0.15, -0.1) is 0 Å². The van der Waals surface area contributed by atoms with Gasteiger partial charge in [0.15, 0.2) is 0 Å². The topological polar surface area (TPSA) is 3.24 Å². The first-order chi connectivity index (χ1) is 6.18. The van der Waals surface area contributed by atoms with E-state index in [1.165, 1.54) is 5.69 Å². The van der Waals surface area contributed by atoms with Crippen LogP contribution in [0.4, 0.5) is 10.1 Å². The van der Waals surface area contributed by atoms with Gasteiger partial charge >= 0.3 is 0 Å². The summed E-state index contributed by atoms with van der Waals surface area (Å²) in [7, 11) is 2.07. The van der Waals surface area contributed by atoms with Gasteiger partial charge in [0.1, 0.15) is 5.82 Å². The Kier molecular flexibility index (Phi) is 1.98. The molecule has 13 heavy (non-hydrogen) atoms. The van der Waals surface area contributed by atoms with Crippen LogP contribution >= 0.6 is 0 Å². The van der Waals surface area contributed by atoms with Crippen LogP contribution in [-0.4, -0.2) is 13.6 Å². The van der Waals surface area contributed by atoms with E-state index in [2.05, 4.69) is 11.9 Å². The summed E-state index contributed by atoms with van der Waals surface area (Å²) >= 11 is 0. The highest BCUT2D eigenvalue weighted by atomic mass is 19.1. The molecule has 0 amide bonds. The first kappa shape index (κ1) is 8.54. The van der Waals surface area contributed by atoms with Crippen molar-refractivity contribution in [3.8, 4) is 0 Å². The highest BCUT2D eigenvalue weighted by molar-refractivity contribution is 5.60. The second-order valence-electron chi connectivity index (χ2n) is 3.76. The molecule has 1 aromatic rings. The number of halogens is 1. The van der Waals surface area contributed by atoms with Gasteiger partial charge in [-0.1, -0.05) is 0 Å². The number of nitrogens with zero attached hydrogens (tertiary/aromatic N) is 1. The molecule has 0 saturated carbocycles. The summed E-state index contributed by atoms with van der Waals surface area (Å²) in [4.78, 5) is 2.22. The van der Waals surface area contributed by atoms with Gasteiger partial charge in [0.2, 0.25) is 0 Å². The van der Waals surface area contributed by atoms with Crippen molar-refractivity contribution in [3.05, 3.63) is 29.1 Å². The van der Waals surface area contributed by atoms with E-state index in [9.17, 15) is 4.39 Å². The fourth-order valence-corrected chi connectivity index (χ4v) is 2.16. The molecule has 0 aromatic heterocycles. The van der Waals surface area contributed by atoms with Gasteiger partial charge in [0.05, 0.1) is 0 Å². The van der Waals surface area contributed by atoms with Crippen LogP contribution in [0.1, 0.15) is 17.5 Å². The Bertz CT molecular complexity index is 333. The Balaban J connectivity index is 2.56. The van der Waals surface area contributed by atoms with Crippen LogP contribution in [0.5, 0.6) is 0 Å². The highest BCUT2D eigenvalue weighted by Gasteiger charge is 2.16. The summed E-state index contributed by atoms with van der Waals surface area (Å²) in [6.45, 7) is 3.06. The van der Waals surface area contributed by atoms with E-state index in [1.54, 1.807) is 12.1 Å². The molecule has 1 heterocycles. The van der Waals surface area contributed by atoms with E-state index >= 15 is 0 Å². The van der Waals surface area contributed by atoms with Gasteiger partial charge in [0, 0.05) is 19.3 Å². The molecule has 2 rings (SSSR count). The largest absolute Gasteiger partial charge is 0.374 e. The van der Waals surface area contributed by atoms with Gasteiger partial charge in [-0.05, 0) is 43.0 Å². The highest BCUT2D eigenvalue weighted by Crippen LogP contribution is 2.30. The van der Waals surface area contributed by atoms with Crippen LogP contribution in [0.3, 0.4) is 0 Å². The lowest BCUT2D eigenvalue weighted by Gasteiger charge is -2.29. The van der Waals surface area contributed by atoms with Crippen molar-refractivity contribution >= 4 is 5.69 Å². The Hall–Kier alpha value is -1.05. The molecule has 1 aromatic carbocycles. The maximum absolute atomic E-state index is 13.1.